The highest BCUT2D eigenvalue weighted by molar-refractivity contribution is 7.09. The van der Waals surface area contributed by atoms with Gasteiger partial charge in [0, 0.05) is 17.5 Å². The van der Waals surface area contributed by atoms with Gasteiger partial charge < -0.3 is 10.1 Å². The molecule has 0 aliphatic carbocycles. The molecular weight excluding hydrogens is 329 g/mol. The van der Waals surface area contributed by atoms with Crippen LogP contribution in [0, 0.1) is 5.82 Å². The molecular formula is C17H18FN3O2S. The highest BCUT2D eigenvalue weighted by atomic mass is 32.1. The largest absolute Gasteiger partial charge is 0.440 e. The average Bonchev–Trinajstić information content (AvgIpc) is 3.16. The molecule has 1 aromatic carbocycles. The van der Waals surface area contributed by atoms with Gasteiger partial charge in [-0.3, -0.25) is 4.90 Å². The third-order valence-electron chi connectivity index (χ3n) is 4.53. The van der Waals surface area contributed by atoms with Gasteiger partial charge in [-0.15, -0.1) is 11.3 Å². The summed E-state index contributed by atoms with van der Waals surface area (Å²) in [6.45, 7) is 3.04. The molecule has 1 aromatic heterocycles. The van der Waals surface area contributed by atoms with Crippen LogP contribution in [0.4, 0.5) is 9.18 Å². The molecule has 2 aliphatic heterocycles. The van der Waals surface area contributed by atoms with Crippen molar-refractivity contribution in [1.82, 2.24) is 15.2 Å². The van der Waals surface area contributed by atoms with Crippen LogP contribution in [0.1, 0.15) is 17.8 Å². The number of alkyl carbamates (subject to hydrolysis) is 1. The first-order chi connectivity index (χ1) is 11.6. The number of hydrogen-bond donors (Lipinski definition) is 1. The Hall–Kier alpha value is -1.99. The van der Waals surface area contributed by atoms with Gasteiger partial charge in [0.15, 0.2) is 0 Å². The van der Waals surface area contributed by atoms with Crippen molar-refractivity contribution >= 4 is 17.4 Å². The zero-order valence-electron chi connectivity index (χ0n) is 13.1. The predicted octanol–water partition coefficient (Wildman–Crippen LogP) is 3.02. The summed E-state index contributed by atoms with van der Waals surface area (Å²) in [5.74, 6) is -0.243. The standard InChI is InChI=1S/C17H18FN3O2S/c18-13-4-2-12(3-5-13)14-9-24-15(20-14)8-21-7-1-6-17(11-21)10-19-16(22)23-17/h2-5,9H,1,6-8,10-11H2,(H,19,22)/t17-/m0/s1. The van der Waals surface area contributed by atoms with Crippen molar-refractivity contribution in [3.8, 4) is 11.3 Å². The summed E-state index contributed by atoms with van der Waals surface area (Å²) in [6.07, 6.45) is 1.59. The zero-order chi connectivity index (χ0) is 16.6. The van der Waals surface area contributed by atoms with Crippen LogP contribution in [0.2, 0.25) is 0 Å². The van der Waals surface area contributed by atoms with Gasteiger partial charge in [-0.25, -0.2) is 14.2 Å². The number of nitrogens with zero attached hydrogens (tertiary/aromatic N) is 2. The molecule has 0 saturated carbocycles. The number of likely N-dealkylation sites (tertiary alicyclic amines) is 1. The molecule has 2 aliphatic rings. The number of nitrogens with one attached hydrogen (secondary N) is 1. The Labute approximate surface area is 143 Å². The Morgan fingerprint density at radius 3 is 2.96 bits per heavy atom. The molecule has 24 heavy (non-hydrogen) atoms. The van der Waals surface area contributed by atoms with Crippen LogP contribution in [0.25, 0.3) is 11.3 Å². The third kappa shape index (κ3) is 3.14. The van der Waals surface area contributed by atoms with Crippen LogP contribution in [0.5, 0.6) is 0 Å². The van der Waals surface area contributed by atoms with Gasteiger partial charge >= 0.3 is 6.09 Å². The maximum absolute atomic E-state index is 13.0. The van der Waals surface area contributed by atoms with Crippen molar-refractivity contribution in [2.45, 2.75) is 25.0 Å². The van der Waals surface area contributed by atoms with Crippen molar-refractivity contribution in [3.05, 3.63) is 40.5 Å². The number of halogens is 1. The van der Waals surface area contributed by atoms with Crippen LogP contribution in [-0.4, -0.2) is 41.2 Å². The molecule has 5 nitrogen and oxygen atoms in total. The van der Waals surface area contributed by atoms with Gasteiger partial charge in [0.2, 0.25) is 0 Å². The smallest absolute Gasteiger partial charge is 0.407 e. The Balaban J connectivity index is 1.44. The molecule has 126 valence electrons. The molecule has 1 N–H and O–H groups in total. The van der Waals surface area contributed by atoms with Gasteiger partial charge in [0.05, 0.1) is 18.8 Å². The molecule has 3 heterocycles. The van der Waals surface area contributed by atoms with E-state index in [2.05, 4.69) is 15.2 Å². The van der Waals surface area contributed by atoms with Gasteiger partial charge in [-0.2, -0.15) is 0 Å². The number of amides is 1. The quantitative estimate of drug-likeness (QED) is 0.927. The Morgan fingerprint density at radius 1 is 1.38 bits per heavy atom. The lowest BCUT2D eigenvalue weighted by atomic mass is 9.93. The second-order valence-corrected chi connectivity index (χ2v) is 7.32. The number of rotatable bonds is 3. The molecule has 4 rings (SSSR count). The maximum Gasteiger partial charge on any atom is 0.407 e. The summed E-state index contributed by atoms with van der Waals surface area (Å²) < 4.78 is 18.5. The van der Waals surface area contributed by atoms with E-state index in [0.717, 1.165) is 48.7 Å². The van der Waals surface area contributed by atoms with E-state index >= 15 is 0 Å². The van der Waals surface area contributed by atoms with E-state index in [-0.39, 0.29) is 17.5 Å². The molecule has 1 spiro atoms. The van der Waals surface area contributed by atoms with Crippen molar-refractivity contribution in [2.24, 2.45) is 0 Å². The normalized spacial score (nSPS) is 24.1. The van der Waals surface area contributed by atoms with Crippen LogP contribution in [-0.2, 0) is 11.3 Å². The van der Waals surface area contributed by atoms with Crippen LogP contribution in [0.15, 0.2) is 29.6 Å². The van der Waals surface area contributed by atoms with Crippen LogP contribution >= 0.6 is 11.3 Å². The number of hydrogen-bond acceptors (Lipinski definition) is 5. The van der Waals surface area contributed by atoms with Crippen LogP contribution in [0.3, 0.4) is 0 Å². The first-order valence-corrected chi connectivity index (χ1v) is 8.89. The summed E-state index contributed by atoms with van der Waals surface area (Å²) in [5, 5.41) is 5.78. The summed E-state index contributed by atoms with van der Waals surface area (Å²) in [6, 6.07) is 6.38. The molecule has 1 amide bonds. The molecule has 2 saturated heterocycles. The van der Waals surface area contributed by atoms with Gasteiger partial charge in [-0.1, -0.05) is 0 Å². The second-order valence-electron chi connectivity index (χ2n) is 6.37. The lowest BCUT2D eigenvalue weighted by molar-refractivity contribution is -0.0111. The lowest BCUT2D eigenvalue weighted by Gasteiger charge is -2.37. The van der Waals surface area contributed by atoms with E-state index in [1.807, 2.05) is 5.38 Å². The highest BCUT2D eigenvalue weighted by Crippen LogP contribution is 2.30. The topological polar surface area (TPSA) is 54.5 Å². The number of carbonyl (C=O) groups is 1. The monoisotopic (exact) mass is 347 g/mol. The number of thiazole rings is 1. The number of ether oxygens (including phenoxy) is 1. The first kappa shape index (κ1) is 15.5. The summed E-state index contributed by atoms with van der Waals surface area (Å²) in [4.78, 5) is 18.3. The van der Waals surface area contributed by atoms with Gasteiger partial charge in [-0.05, 0) is 43.7 Å². The molecule has 0 bridgehead atoms. The van der Waals surface area contributed by atoms with E-state index in [1.54, 1.807) is 23.5 Å². The number of piperidine rings is 1. The SMILES string of the molecule is O=C1NC[C@]2(CCCN(Cc3nc(-c4ccc(F)cc4)cs3)C2)O1. The molecule has 0 radical (unpaired) electrons. The van der Waals surface area contributed by atoms with Crippen molar-refractivity contribution in [3.63, 3.8) is 0 Å². The second kappa shape index (κ2) is 6.14. The predicted molar refractivity (Wildman–Crippen MR) is 89.2 cm³/mol. The van der Waals surface area contributed by atoms with E-state index in [1.165, 1.54) is 12.1 Å². The fraction of sp³-hybridized carbons (Fsp3) is 0.412. The lowest BCUT2D eigenvalue weighted by Crippen LogP contribution is -2.50. The fourth-order valence-corrected chi connectivity index (χ4v) is 4.23. The number of carbonyl (C=O) groups excluding carboxylic acids is 1. The summed E-state index contributed by atoms with van der Waals surface area (Å²) in [7, 11) is 0. The van der Waals surface area contributed by atoms with Crippen molar-refractivity contribution in [2.75, 3.05) is 19.6 Å². The highest BCUT2D eigenvalue weighted by Gasteiger charge is 2.43. The number of benzene rings is 1. The van der Waals surface area contributed by atoms with E-state index in [0.29, 0.717) is 6.54 Å². The Bertz CT molecular complexity index is 749. The molecule has 0 unspecified atom stereocenters. The van der Waals surface area contributed by atoms with Crippen LogP contribution < -0.4 is 5.32 Å². The van der Waals surface area contributed by atoms with Gasteiger partial charge in [0.1, 0.15) is 16.4 Å². The van der Waals surface area contributed by atoms with Crippen molar-refractivity contribution in [1.29, 1.82) is 0 Å². The molecule has 7 heteroatoms. The number of aromatic nitrogens is 1. The van der Waals surface area contributed by atoms with E-state index in [9.17, 15) is 9.18 Å². The minimum absolute atomic E-state index is 0.243. The Morgan fingerprint density at radius 2 is 2.21 bits per heavy atom. The minimum atomic E-state index is -0.383. The van der Waals surface area contributed by atoms with E-state index in [4.69, 9.17) is 4.74 Å². The van der Waals surface area contributed by atoms with Gasteiger partial charge in [0.25, 0.3) is 0 Å². The summed E-state index contributed by atoms with van der Waals surface area (Å²) in [5.41, 5.74) is 1.41. The fourth-order valence-electron chi connectivity index (χ4n) is 3.38. The minimum Gasteiger partial charge on any atom is -0.440 e. The van der Waals surface area contributed by atoms with Crippen molar-refractivity contribution < 1.29 is 13.9 Å². The maximum atomic E-state index is 13.0. The zero-order valence-corrected chi connectivity index (χ0v) is 13.9. The summed E-state index contributed by atoms with van der Waals surface area (Å²) >= 11 is 1.60. The van der Waals surface area contributed by atoms with E-state index < -0.39 is 0 Å². The molecule has 2 aromatic rings. The Kier molecular flexibility index (Phi) is 3.97. The third-order valence-corrected chi connectivity index (χ3v) is 5.37. The molecule has 2 fully saturated rings. The molecule has 1 atom stereocenters. The average molecular weight is 347 g/mol. The first-order valence-electron chi connectivity index (χ1n) is 8.01.